The van der Waals surface area contributed by atoms with Crippen LogP contribution in [-0.2, 0) is 11.3 Å². The van der Waals surface area contributed by atoms with Crippen LogP contribution in [0.15, 0.2) is 15.2 Å². The molecule has 1 heterocycles. The van der Waals surface area contributed by atoms with Crippen molar-refractivity contribution in [1.82, 2.24) is 4.90 Å². The summed E-state index contributed by atoms with van der Waals surface area (Å²) in [6.45, 7) is 2.81. The molecule has 0 saturated heterocycles. The largest absolute Gasteiger partial charge is 0.341 e. The third kappa shape index (κ3) is 4.34. The van der Waals surface area contributed by atoms with Crippen molar-refractivity contribution in [1.29, 1.82) is 0 Å². The Morgan fingerprint density at radius 2 is 2.33 bits per heavy atom. The zero-order valence-electron chi connectivity index (χ0n) is 9.12. The highest BCUT2D eigenvalue weighted by atomic mass is 79.9. The molecule has 15 heavy (non-hydrogen) atoms. The topological polar surface area (TPSA) is 20.3 Å². The number of carbonyl (C=O) groups is 1. The Morgan fingerprint density at radius 3 is 2.87 bits per heavy atom. The number of hydrogen-bond donors (Lipinski definition) is 0. The van der Waals surface area contributed by atoms with Crippen LogP contribution in [0, 0.1) is 0 Å². The number of carbonyl (C=O) groups excluding carboxylic acids is 1. The average molecular weight is 290 g/mol. The summed E-state index contributed by atoms with van der Waals surface area (Å²) in [7, 11) is 1.86. The molecule has 0 atom stereocenters. The second-order valence-corrected chi connectivity index (χ2v) is 5.90. The summed E-state index contributed by atoms with van der Waals surface area (Å²) in [5.41, 5.74) is 1.19. The fourth-order valence-corrected chi connectivity index (χ4v) is 2.51. The van der Waals surface area contributed by atoms with Crippen molar-refractivity contribution in [3.63, 3.8) is 0 Å². The Labute approximate surface area is 103 Å². The standard InChI is InChI=1S/C11H16BrNOS/c1-3-4-5-11(14)13(2)7-9-6-10(12)15-8-9/h6,8H,3-5,7H2,1-2H3. The highest BCUT2D eigenvalue weighted by Gasteiger charge is 2.09. The van der Waals surface area contributed by atoms with Gasteiger partial charge in [-0.1, -0.05) is 13.3 Å². The van der Waals surface area contributed by atoms with E-state index in [9.17, 15) is 4.79 Å². The van der Waals surface area contributed by atoms with E-state index < -0.39 is 0 Å². The van der Waals surface area contributed by atoms with E-state index in [1.165, 1.54) is 5.56 Å². The van der Waals surface area contributed by atoms with Crippen LogP contribution in [0.25, 0.3) is 0 Å². The SMILES string of the molecule is CCCCC(=O)N(C)Cc1csc(Br)c1. The minimum Gasteiger partial charge on any atom is -0.341 e. The Morgan fingerprint density at radius 1 is 1.60 bits per heavy atom. The highest BCUT2D eigenvalue weighted by molar-refractivity contribution is 9.11. The molecule has 0 aliphatic heterocycles. The summed E-state index contributed by atoms with van der Waals surface area (Å²) < 4.78 is 1.12. The first-order chi connectivity index (χ1) is 7.13. The fourth-order valence-electron chi connectivity index (χ4n) is 1.31. The van der Waals surface area contributed by atoms with Gasteiger partial charge in [-0.3, -0.25) is 4.79 Å². The number of hydrogen-bond acceptors (Lipinski definition) is 2. The van der Waals surface area contributed by atoms with Crippen LogP contribution in [0.2, 0.25) is 0 Å². The Kier molecular flexibility index (Phi) is 5.32. The Balaban J connectivity index is 2.41. The van der Waals surface area contributed by atoms with Crippen LogP contribution >= 0.6 is 27.3 Å². The molecule has 0 fully saturated rings. The third-order valence-corrected chi connectivity index (χ3v) is 3.76. The second kappa shape index (κ2) is 6.28. The lowest BCUT2D eigenvalue weighted by Crippen LogP contribution is -2.25. The molecule has 84 valence electrons. The lowest BCUT2D eigenvalue weighted by Gasteiger charge is -2.16. The Hall–Kier alpha value is -0.350. The van der Waals surface area contributed by atoms with Crippen LogP contribution in [0.4, 0.5) is 0 Å². The van der Waals surface area contributed by atoms with Crippen molar-refractivity contribution >= 4 is 33.2 Å². The molecule has 1 aromatic heterocycles. The molecule has 1 aromatic rings. The summed E-state index contributed by atoms with van der Waals surface area (Å²) >= 11 is 5.07. The smallest absolute Gasteiger partial charge is 0.222 e. The van der Waals surface area contributed by atoms with E-state index in [0.717, 1.165) is 16.6 Å². The maximum Gasteiger partial charge on any atom is 0.222 e. The number of thiophene rings is 1. The van der Waals surface area contributed by atoms with E-state index in [1.54, 1.807) is 16.2 Å². The van der Waals surface area contributed by atoms with Crippen LogP contribution < -0.4 is 0 Å². The molecule has 0 aliphatic carbocycles. The summed E-state index contributed by atoms with van der Waals surface area (Å²) in [5, 5.41) is 2.08. The van der Waals surface area contributed by atoms with E-state index in [2.05, 4.69) is 34.3 Å². The molecule has 0 aliphatic rings. The maximum atomic E-state index is 11.6. The zero-order valence-corrected chi connectivity index (χ0v) is 11.5. The normalized spacial score (nSPS) is 10.3. The lowest BCUT2D eigenvalue weighted by atomic mass is 10.2. The van der Waals surface area contributed by atoms with Gasteiger partial charge in [0, 0.05) is 20.0 Å². The first-order valence-electron chi connectivity index (χ1n) is 5.10. The molecule has 2 nitrogen and oxygen atoms in total. The van der Waals surface area contributed by atoms with Gasteiger partial charge < -0.3 is 4.90 Å². The molecule has 1 rings (SSSR count). The van der Waals surface area contributed by atoms with Crippen molar-refractivity contribution in [2.45, 2.75) is 32.7 Å². The number of unbranched alkanes of at least 4 members (excludes halogenated alkanes) is 1. The van der Waals surface area contributed by atoms with Gasteiger partial charge in [-0.15, -0.1) is 11.3 Å². The van der Waals surface area contributed by atoms with Crippen molar-refractivity contribution in [2.24, 2.45) is 0 Å². The van der Waals surface area contributed by atoms with Crippen LogP contribution in [-0.4, -0.2) is 17.9 Å². The molecule has 0 unspecified atom stereocenters. The van der Waals surface area contributed by atoms with Gasteiger partial charge in [0.05, 0.1) is 3.79 Å². The summed E-state index contributed by atoms with van der Waals surface area (Å²) in [4.78, 5) is 13.4. The molecule has 0 bridgehead atoms. The molecular formula is C11H16BrNOS. The van der Waals surface area contributed by atoms with Crippen LogP contribution in [0.3, 0.4) is 0 Å². The van der Waals surface area contributed by atoms with Crippen LogP contribution in [0.5, 0.6) is 0 Å². The van der Waals surface area contributed by atoms with Gasteiger partial charge in [0.15, 0.2) is 0 Å². The van der Waals surface area contributed by atoms with Gasteiger partial charge in [-0.2, -0.15) is 0 Å². The van der Waals surface area contributed by atoms with Gasteiger partial charge in [-0.05, 0) is 39.4 Å². The van der Waals surface area contributed by atoms with E-state index >= 15 is 0 Å². The predicted molar refractivity (Wildman–Crippen MR) is 68.0 cm³/mol. The molecule has 4 heteroatoms. The number of rotatable bonds is 5. The van der Waals surface area contributed by atoms with Gasteiger partial charge in [0.25, 0.3) is 0 Å². The molecule has 0 spiro atoms. The van der Waals surface area contributed by atoms with Gasteiger partial charge >= 0.3 is 0 Å². The first kappa shape index (κ1) is 12.7. The highest BCUT2D eigenvalue weighted by Crippen LogP contribution is 2.21. The minimum absolute atomic E-state index is 0.235. The first-order valence-corrected chi connectivity index (χ1v) is 6.77. The van der Waals surface area contributed by atoms with Crippen molar-refractivity contribution < 1.29 is 4.79 Å². The molecule has 0 saturated carbocycles. The monoisotopic (exact) mass is 289 g/mol. The lowest BCUT2D eigenvalue weighted by molar-refractivity contribution is -0.130. The van der Waals surface area contributed by atoms with Crippen molar-refractivity contribution in [2.75, 3.05) is 7.05 Å². The van der Waals surface area contributed by atoms with Crippen molar-refractivity contribution in [3.05, 3.63) is 20.8 Å². The van der Waals surface area contributed by atoms with E-state index in [0.29, 0.717) is 13.0 Å². The van der Waals surface area contributed by atoms with Crippen molar-refractivity contribution in [3.8, 4) is 0 Å². The number of amides is 1. The quantitative estimate of drug-likeness (QED) is 0.810. The molecule has 0 N–H and O–H groups in total. The fraction of sp³-hybridized carbons (Fsp3) is 0.545. The van der Waals surface area contributed by atoms with Gasteiger partial charge in [-0.25, -0.2) is 0 Å². The average Bonchev–Trinajstić information content (AvgIpc) is 2.60. The molecular weight excluding hydrogens is 274 g/mol. The Bertz CT molecular complexity index is 324. The number of halogens is 1. The number of nitrogens with zero attached hydrogens (tertiary/aromatic N) is 1. The minimum atomic E-state index is 0.235. The second-order valence-electron chi connectivity index (χ2n) is 3.61. The van der Waals surface area contributed by atoms with Crippen LogP contribution in [0.1, 0.15) is 31.7 Å². The summed E-state index contributed by atoms with van der Waals surface area (Å²) in [6, 6.07) is 2.06. The summed E-state index contributed by atoms with van der Waals surface area (Å²) in [5.74, 6) is 0.235. The van der Waals surface area contributed by atoms with E-state index in [-0.39, 0.29) is 5.91 Å². The molecule has 0 radical (unpaired) electrons. The molecule has 1 amide bonds. The maximum absolute atomic E-state index is 11.6. The van der Waals surface area contributed by atoms with Gasteiger partial charge in [0.2, 0.25) is 5.91 Å². The zero-order chi connectivity index (χ0) is 11.3. The van der Waals surface area contributed by atoms with E-state index in [4.69, 9.17) is 0 Å². The molecule has 0 aromatic carbocycles. The summed E-state index contributed by atoms with van der Waals surface area (Å²) in [6.07, 6.45) is 2.72. The predicted octanol–water partition coefficient (Wildman–Crippen LogP) is 3.66. The van der Waals surface area contributed by atoms with E-state index in [1.807, 2.05) is 7.05 Å². The van der Waals surface area contributed by atoms with Gasteiger partial charge in [0.1, 0.15) is 0 Å². The third-order valence-electron chi connectivity index (χ3n) is 2.21.